The number of fused-ring (bicyclic) bond motifs is 1. The summed E-state index contributed by atoms with van der Waals surface area (Å²) < 4.78 is 18.6. The van der Waals surface area contributed by atoms with Crippen molar-refractivity contribution in [3.63, 3.8) is 0 Å². The van der Waals surface area contributed by atoms with E-state index in [1.807, 2.05) is 13.0 Å². The molecule has 0 aromatic carbocycles. The van der Waals surface area contributed by atoms with Gasteiger partial charge >= 0.3 is 0 Å². The maximum Gasteiger partial charge on any atom is 0.167 e. The summed E-state index contributed by atoms with van der Waals surface area (Å²) in [5.74, 6) is -0.588. The predicted molar refractivity (Wildman–Crippen MR) is 73.9 cm³/mol. The highest BCUT2D eigenvalue weighted by atomic mass is 35.5. The molecule has 2 fully saturated rings. The van der Waals surface area contributed by atoms with Gasteiger partial charge in [-0.3, -0.25) is 4.79 Å². The van der Waals surface area contributed by atoms with E-state index in [1.54, 1.807) is 12.2 Å². The minimum atomic E-state index is -0.930. The molecule has 0 heterocycles. The van der Waals surface area contributed by atoms with Crippen LogP contribution >= 0.6 is 23.2 Å². The van der Waals surface area contributed by atoms with Crippen LogP contribution in [-0.2, 0) is 9.53 Å². The van der Waals surface area contributed by atoms with Crippen molar-refractivity contribution in [3.8, 4) is 0 Å². The maximum absolute atomic E-state index is 13.0. The second-order valence-electron chi connectivity index (χ2n) is 4.76. The summed E-state index contributed by atoms with van der Waals surface area (Å²) in [4.78, 5) is 11.7. The molecule has 0 aliphatic heterocycles. The molecular weight excluding hydrogens is 290 g/mol. The zero-order valence-corrected chi connectivity index (χ0v) is 12.0. The number of hydrogen-bond acceptors (Lipinski definition) is 2. The zero-order valence-electron chi connectivity index (χ0n) is 10.5. The van der Waals surface area contributed by atoms with E-state index >= 15 is 0 Å². The largest absolute Gasteiger partial charge is 0.366 e. The van der Waals surface area contributed by atoms with Gasteiger partial charge in [-0.2, -0.15) is 0 Å². The minimum Gasteiger partial charge on any atom is -0.366 e. The highest BCUT2D eigenvalue weighted by Gasteiger charge is 2.63. The molecule has 0 radical (unpaired) electrons. The van der Waals surface area contributed by atoms with Crippen LogP contribution in [0, 0.1) is 11.8 Å². The van der Waals surface area contributed by atoms with Gasteiger partial charge in [0.1, 0.15) is 12.3 Å². The monoisotopic (exact) mass is 304 g/mol. The second kappa shape index (κ2) is 6.21. The fraction of sp³-hybridized carbons (Fsp3) is 0.500. The Bertz CT molecular complexity index is 456. The van der Waals surface area contributed by atoms with Crippen molar-refractivity contribution >= 4 is 29.0 Å². The molecule has 0 N–H and O–H groups in total. The predicted octanol–water partition coefficient (Wildman–Crippen LogP) is 3.75. The van der Waals surface area contributed by atoms with E-state index in [0.29, 0.717) is 18.1 Å². The highest BCUT2D eigenvalue weighted by molar-refractivity contribution is 6.37. The Balaban J connectivity index is 1.82. The number of ether oxygens (including phenoxy) is 1. The maximum atomic E-state index is 13.0. The lowest BCUT2D eigenvalue weighted by Crippen LogP contribution is -2.24. The summed E-state index contributed by atoms with van der Waals surface area (Å²) in [6.07, 6.45) is 4.42. The quantitative estimate of drug-likeness (QED) is 0.723. The van der Waals surface area contributed by atoms with Crippen LogP contribution in [-0.4, -0.2) is 24.7 Å². The molecule has 2 aliphatic carbocycles. The molecule has 2 saturated carbocycles. The third-order valence-corrected chi connectivity index (χ3v) is 4.17. The number of ketones is 1. The minimum absolute atomic E-state index is 0.0874. The fourth-order valence-electron chi connectivity index (χ4n) is 2.35. The van der Waals surface area contributed by atoms with Crippen LogP contribution in [0.25, 0.3) is 0 Å². The smallest absolute Gasteiger partial charge is 0.167 e. The average molecular weight is 305 g/mol. The lowest BCUT2D eigenvalue weighted by molar-refractivity contribution is -0.129. The van der Waals surface area contributed by atoms with E-state index in [0.717, 1.165) is 5.57 Å². The summed E-state index contributed by atoms with van der Waals surface area (Å²) in [6, 6.07) is 0. The number of Topliss-reactive ketones (excluding diaryl/α,β-unsaturated/α-hetero) is 1. The lowest BCUT2D eigenvalue weighted by atomic mass is 10.2. The van der Waals surface area contributed by atoms with Crippen LogP contribution < -0.4 is 0 Å². The van der Waals surface area contributed by atoms with Crippen LogP contribution in [0.5, 0.6) is 0 Å². The van der Waals surface area contributed by atoms with Crippen molar-refractivity contribution < 1.29 is 13.9 Å². The Morgan fingerprint density at radius 1 is 1.53 bits per heavy atom. The summed E-state index contributed by atoms with van der Waals surface area (Å²) in [6.45, 7) is 2.18. The number of carbonyl (C=O) groups excluding carboxylic acids is 1. The Labute approximate surface area is 121 Å². The van der Waals surface area contributed by atoms with Gasteiger partial charge in [-0.15, -0.1) is 0 Å². The van der Waals surface area contributed by atoms with Crippen molar-refractivity contribution in [1.29, 1.82) is 0 Å². The van der Waals surface area contributed by atoms with Crippen LogP contribution in [0.15, 0.2) is 34.4 Å². The lowest BCUT2D eigenvalue weighted by Gasteiger charge is -2.13. The Hall–Kier alpha value is -0.640. The molecule has 2 rings (SSSR count). The molecule has 0 amide bonds. The molecule has 104 valence electrons. The topological polar surface area (TPSA) is 26.3 Å². The van der Waals surface area contributed by atoms with Gasteiger partial charge in [-0.1, -0.05) is 35.4 Å². The second-order valence-corrected chi connectivity index (χ2v) is 5.42. The van der Waals surface area contributed by atoms with E-state index in [1.165, 1.54) is 5.54 Å². The number of alkyl halides is 1. The van der Waals surface area contributed by atoms with E-state index in [4.69, 9.17) is 27.9 Å². The average Bonchev–Trinajstić information content (AvgIpc) is 2.91. The molecule has 0 unspecified atom stereocenters. The van der Waals surface area contributed by atoms with Crippen molar-refractivity contribution in [1.82, 2.24) is 0 Å². The van der Waals surface area contributed by atoms with Gasteiger partial charge in [0.15, 0.2) is 5.78 Å². The van der Waals surface area contributed by atoms with Crippen LogP contribution in [0.1, 0.15) is 13.3 Å². The van der Waals surface area contributed by atoms with Crippen molar-refractivity contribution in [2.45, 2.75) is 25.6 Å². The number of allylic oxidation sites excluding steroid dienone is 3. The first kappa shape index (κ1) is 14.8. The first-order valence-corrected chi connectivity index (χ1v) is 6.98. The third kappa shape index (κ3) is 3.28. The van der Waals surface area contributed by atoms with Gasteiger partial charge in [0, 0.05) is 11.5 Å². The summed E-state index contributed by atoms with van der Waals surface area (Å²) >= 11 is 11.2. The first-order valence-electron chi connectivity index (χ1n) is 6.17. The molecule has 2 aliphatic rings. The number of hydrogen-bond donors (Lipinski definition) is 0. The standard InChI is InChI=1S/C14H15Cl2FO2/c1-2-8(3-4-9(16)6-15)7-19-11-5-10-12(13(10)17)14(11)18/h2-4,6,10-13H,5,7H2,1H3/b4-3-,8-2+,9-6-/t10-,11-,12+,13-/m1/s1. The van der Waals surface area contributed by atoms with Gasteiger partial charge in [0.25, 0.3) is 0 Å². The molecule has 4 atom stereocenters. The van der Waals surface area contributed by atoms with Crippen LogP contribution in [0.3, 0.4) is 0 Å². The van der Waals surface area contributed by atoms with Gasteiger partial charge in [0.2, 0.25) is 0 Å². The van der Waals surface area contributed by atoms with Crippen molar-refractivity contribution in [2.75, 3.05) is 6.61 Å². The van der Waals surface area contributed by atoms with Crippen LogP contribution in [0.2, 0.25) is 0 Å². The van der Waals surface area contributed by atoms with Crippen molar-refractivity contribution in [2.24, 2.45) is 11.8 Å². The van der Waals surface area contributed by atoms with Gasteiger partial charge in [-0.05, 0) is 25.0 Å². The third-order valence-electron chi connectivity index (χ3n) is 3.59. The number of carbonyl (C=O) groups is 1. The molecule has 0 spiro atoms. The summed E-state index contributed by atoms with van der Waals surface area (Å²) in [5.41, 5.74) is 2.16. The summed E-state index contributed by atoms with van der Waals surface area (Å²) in [7, 11) is 0. The van der Waals surface area contributed by atoms with E-state index < -0.39 is 18.2 Å². The van der Waals surface area contributed by atoms with Gasteiger partial charge in [-0.25, -0.2) is 4.39 Å². The molecule has 5 heteroatoms. The normalized spacial score (nSPS) is 35.1. The Kier molecular flexibility index (Phi) is 4.82. The Morgan fingerprint density at radius 3 is 2.79 bits per heavy atom. The fourth-order valence-corrected chi connectivity index (χ4v) is 2.49. The number of halogens is 3. The molecule has 0 bridgehead atoms. The summed E-state index contributed by atoms with van der Waals surface area (Å²) in [5, 5.41) is 0.416. The van der Waals surface area contributed by atoms with Crippen molar-refractivity contribution in [3.05, 3.63) is 34.4 Å². The Morgan fingerprint density at radius 2 is 2.26 bits per heavy atom. The molecular formula is C14H15Cl2FO2. The highest BCUT2D eigenvalue weighted by Crippen LogP contribution is 2.52. The molecule has 0 saturated heterocycles. The zero-order chi connectivity index (χ0) is 14.0. The van der Waals surface area contributed by atoms with E-state index in [-0.39, 0.29) is 11.7 Å². The molecule has 19 heavy (non-hydrogen) atoms. The van der Waals surface area contributed by atoms with Crippen LogP contribution in [0.4, 0.5) is 4.39 Å². The molecule has 0 aromatic heterocycles. The van der Waals surface area contributed by atoms with E-state index in [9.17, 15) is 9.18 Å². The van der Waals surface area contributed by atoms with E-state index in [2.05, 4.69) is 0 Å². The van der Waals surface area contributed by atoms with Gasteiger partial charge in [0.05, 0.1) is 17.6 Å². The first-order chi connectivity index (χ1) is 9.08. The van der Waals surface area contributed by atoms with Gasteiger partial charge < -0.3 is 4.74 Å². The SMILES string of the molecule is C\C=C(/C=C\C(Cl)=C\Cl)CO[C@@H]1C[C@H]2[C@@H](F)[C@H]2C1=O. The molecule has 0 aromatic rings. The number of rotatable bonds is 5. The molecule has 2 nitrogen and oxygen atoms in total.